The molecule has 7 heteroatoms. The molecule has 0 heterocycles. The summed E-state index contributed by atoms with van der Waals surface area (Å²) in [5, 5.41) is 8.57. The van der Waals surface area contributed by atoms with Crippen LogP contribution in [0, 0.1) is 0 Å². The van der Waals surface area contributed by atoms with E-state index in [2.05, 4.69) is 13.1 Å². The third kappa shape index (κ3) is 15.5. The third-order valence-corrected chi connectivity index (χ3v) is 4.16. The quantitative estimate of drug-likeness (QED) is 0.296. The van der Waals surface area contributed by atoms with E-state index in [4.69, 9.17) is 19.3 Å². The van der Waals surface area contributed by atoms with Crippen molar-refractivity contribution in [2.24, 2.45) is 0 Å². The lowest BCUT2D eigenvalue weighted by Gasteiger charge is -2.07. The molecule has 0 atom stereocenters. The van der Waals surface area contributed by atoms with Crippen LogP contribution in [0.3, 0.4) is 0 Å². The van der Waals surface area contributed by atoms with E-state index in [1.165, 1.54) is 6.04 Å². The fourth-order valence-corrected chi connectivity index (χ4v) is 2.44. The molecule has 0 aromatic rings. The first-order valence-corrected chi connectivity index (χ1v) is 10.6. The van der Waals surface area contributed by atoms with Crippen molar-refractivity contribution in [3.8, 4) is 0 Å². The van der Waals surface area contributed by atoms with Gasteiger partial charge >= 0.3 is 11.9 Å². The minimum absolute atomic E-state index is 0.0241. The highest BCUT2D eigenvalue weighted by molar-refractivity contribution is 6.55. The monoisotopic (exact) mass is 333 g/mol. The maximum atomic E-state index is 11.4. The van der Waals surface area contributed by atoms with Crippen LogP contribution in [-0.4, -0.2) is 58.9 Å². The van der Waals surface area contributed by atoms with Gasteiger partial charge in [-0.2, -0.15) is 0 Å². The molecule has 0 bridgehead atoms. The van der Waals surface area contributed by atoms with Gasteiger partial charge in [0.05, 0.1) is 26.1 Å². The summed E-state index contributed by atoms with van der Waals surface area (Å²) in [6.45, 7) is 6.22. The summed E-state index contributed by atoms with van der Waals surface area (Å²) in [6, 6.07) is 1.23. The first kappa shape index (κ1) is 21.1. The predicted octanol–water partition coefficient (Wildman–Crippen LogP) is 1.79. The predicted molar refractivity (Wildman–Crippen MR) is 85.2 cm³/mol. The Morgan fingerprint density at radius 3 is 2.09 bits per heavy atom. The summed E-state index contributed by atoms with van der Waals surface area (Å²) in [4.78, 5) is 22.7. The van der Waals surface area contributed by atoms with Gasteiger partial charge in [-0.3, -0.25) is 9.59 Å². The molecule has 0 fully saturated rings. The summed E-state index contributed by atoms with van der Waals surface area (Å²) >= 11 is 0. The highest BCUT2D eigenvalue weighted by Crippen LogP contribution is 1.99. The summed E-state index contributed by atoms with van der Waals surface area (Å²) in [5.41, 5.74) is 0. The third-order valence-electron chi connectivity index (χ3n) is 2.80. The zero-order valence-electron chi connectivity index (χ0n) is 13.8. The van der Waals surface area contributed by atoms with Gasteiger partial charge in [0.2, 0.25) is 0 Å². The molecule has 0 aliphatic carbocycles. The maximum Gasteiger partial charge on any atom is 0.306 e. The topological polar surface area (TPSA) is 82.1 Å². The van der Waals surface area contributed by atoms with Crippen LogP contribution in [0.5, 0.6) is 0 Å². The lowest BCUT2D eigenvalue weighted by molar-refractivity contribution is -0.151. The molecular weight excluding hydrogens is 304 g/mol. The van der Waals surface area contributed by atoms with Crippen molar-refractivity contribution in [1.82, 2.24) is 0 Å². The van der Waals surface area contributed by atoms with Crippen molar-refractivity contribution >= 4 is 20.7 Å². The Balaban J connectivity index is 3.37. The largest absolute Gasteiger partial charge is 0.466 e. The average Bonchev–Trinajstić information content (AvgIpc) is 2.48. The van der Waals surface area contributed by atoms with Gasteiger partial charge in [0.15, 0.2) is 0 Å². The number of rotatable bonds is 14. The second-order valence-corrected chi connectivity index (χ2v) is 8.21. The number of carbonyl (C=O) groups is 2. The normalized spacial score (nSPS) is 10.7. The second kappa shape index (κ2) is 15.0. The lowest BCUT2D eigenvalue weighted by Crippen LogP contribution is -2.14. The zero-order valence-corrected chi connectivity index (χ0v) is 14.8. The SMILES string of the molecule is C[Si](C)CCCOCCOC(=O)CCC(=O)OCCCCO. The minimum Gasteiger partial charge on any atom is -0.466 e. The van der Waals surface area contributed by atoms with Gasteiger partial charge in [0.1, 0.15) is 6.61 Å². The first-order valence-electron chi connectivity index (χ1n) is 7.85. The van der Waals surface area contributed by atoms with Crippen LogP contribution < -0.4 is 0 Å². The Morgan fingerprint density at radius 2 is 1.50 bits per heavy atom. The number of esters is 2. The molecule has 0 aromatic heterocycles. The van der Waals surface area contributed by atoms with Crippen LogP contribution in [0.4, 0.5) is 0 Å². The Kier molecular flexibility index (Phi) is 14.4. The fourth-order valence-electron chi connectivity index (χ4n) is 1.59. The molecule has 22 heavy (non-hydrogen) atoms. The molecular formula is C15H29O6Si. The van der Waals surface area contributed by atoms with Crippen LogP contribution >= 0.6 is 0 Å². The molecule has 0 rings (SSSR count). The average molecular weight is 333 g/mol. The van der Waals surface area contributed by atoms with E-state index in [9.17, 15) is 9.59 Å². The van der Waals surface area contributed by atoms with Crippen molar-refractivity contribution in [2.45, 2.75) is 51.2 Å². The van der Waals surface area contributed by atoms with Gasteiger partial charge < -0.3 is 19.3 Å². The van der Waals surface area contributed by atoms with Gasteiger partial charge in [0.25, 0.3) is 0 Å². The molecule has 1 N–H and O–H groups in total. The number of carbonyl (C=O) groups excluding carboxylic acids is 2. The molecule has 0 spiro atoms. The van der Waals surface area contributed by atoms with Gasteiger partial charge in [-0.25, -0.2) is 0 Å². The zero-order chi connectivity index (χ0) is 16.6. The van der Waals surface area contributed by atoms with E-state index in [0.29, 0.717) is 26.1 Å². The molecule has 129 valence electrons. The molecule has 0 amide bonds. The Labute approximate surface area is 134 Å². The van der Waals surface area contributed by atoms with Crippen LogP contribution in [0.1, 0.15) is 32.1 Å². The number of ether oxygens (including phenoxy) is 3. The van der Waals surface area contributed by atoms with Crippen LogP contribution in [0.2, 0.25) is 19.1 Å². The molecule has 0 aliphatic heterocycles. The highest BCUT2D eigenvalue weighted by atomic mass is 28.3. The summed E-state index contributed by atoms with van der Waals surface area (Å²) in [7, 11) is -0.187. The lowest BCUT2D eigenvalue weighted by atomic mass is 10.3. The number of unbranched alkanes of at least 4 members (excludes halogenated alkanes) is 1. The number of hydrogen-bond donors (Lipinski definition) is 1. The van der Waals surface area contributed by atoms with Gasteiger partial charge in [-0.15, -0.1) is 0 Å². The van der Waals surface area contributed by atoms with Crippen molar-refractivity contribution in [3.05, 3.63) is 0 Å². The Hall–Kier alpha value is -0.923. The van der Waals surface area contributed by atoms with Crippen LogP contribution in [-0.2, 0) is 23.8 Å². The van der Waals surface area contributed by atoms with Crippen LogP contribution in [0.15, 0.2) is 0 Å². The van der Waals surface area contributed by atoms with E-state index in [1.807, 2.05) is 0 Å². The highest BCUT2D eigenvalue weighted by Gasteiger charge is 2.09. The number of aliphatic hydroxyl groups is 1. The van der Waals surface area contributed by atoms with Crippen molar-refractivity contribution in [3.63, 3.8) is 0 Å². The first-order chi connectivity index (χ1) is 10.6. The van der Waals surface area contributed by atoms with E-state index in [1.54, 1.807) is 0 Å². The molecule has 0 unspecified atom stereocenters. The molecule has 1 radical (unpaired) electrons. The summed E-state index contributed by atoms with van der Waals surface area (Å²) in [5.74, 6) is -0.827. The maximum absolute atomic E-state index is 11.4. The molecule has 0 aliphatic rings. The van der Waals surface area contributed by atoms with E-state index < -0.39 is 11.9 Å². The van der Waals surface area contributed by atoms with Crippen molar-refractivity contribution < 1.29 is 28.9 Å². The Bertz CT molecular complexity index is 296. The van der Waals surface area contributed by atoms with Gasteiger partial charge in [0, 0.05) is 22.0 Å². The number of hydrogen-bond acceptors (Lipinski definition) is 6. The smallest absolute Gasteiger partial charge is 0.306 e. The van der Waals surface area contributed by atoms with Crippen LogP contribution in [0.25, 0.3) is 0 Å². The minimum atomic E-state index is -0.414. The summed E-state index contributed by atoms with van der Waals surface area (Å²) in [6.07, 6.45) is 2.33. The number of aliphatic hydroxyl groups excluding tert-OH is 1. The second-order valence-electron chi connectivity index (χ2n) is 5.29. The molecule has 0 saturated heterocycles. The van der Waals surface area contributed by atoms with Gasteiger partial charge in [-0.05, 0) is 19.3 Å². The molecule has 0 saturated carbocycles. The molecule has 6 nitrogen and oxygen atoms in total. The Morgan fingerprint density at radius 1 is 0.864 bits per heavy atom. The van der Waals surface area contributed by atoms with E-state index in [0.717, 1.165) is 6.42 Å². The van der Waals surface area contributed by atoms with E-state index in [-0.39, 0.29) is 41.5 Å². The van der Waals surface area contributed by atoms with E-state index >= 15 is 0 Å². The van der Waals surface area contributed by atoms with Gasteiger partial charge in [-0.1, -0.05) is 19.1 Å². The van der Waals surface area contributed by atoms with Crippen molar-refractivity contribution in [1.29, 1.82) is 0 Å². The molecule has 0 aromatic carbocycles. The standard InChI is InChI=1S/C15H29O6Si/c1-22(2)13-5-9-19-11-12-21-15(18)7-6-14(17)20-10-4-3-8-16/h16H,3-13H2,1-2H3. The summed E-state index contributed by atoms with van der Waals surface area (Å²) < 4.78 is 15.2. The fraction of sp³-hybridized carbons (Fsp3) is 0.867. The van der Waals surface area contributed by atoms with Crippen molar-refractivity contribution in [2.75, 3.05) is 33.0 Å².